The van der Waals surface area contributed by atoms with Crippen LogP contribution in [0.1, 0.15) is 0 Å². The summed E-state index contributed by atoms with van der Waals surface area (Å²) in [6, 6.07) is 15.7. The fraction of sp³-hybridized carbons (Fsp3) is 0. The van der Waals surface area contributed by atoms with Gasteiger partial charge in [0.25, 0.3) is 0 Å². The Morgan fingerprint density at radius 3 is 2.47 bits per heavy atom. The molecule has 0 fully saturated rings. The smallest absolute Gasteiger partial charge is 0.128 e. The maximum atomic E-state index is 5.95. The number of ether oxygens (including phenoxy) is 1. The van der Waals surface area contributed by atoms with E-state index in [0.717, 1.165) is 16.0 Å². The number of benzene rings is 2. The molecule has 2 rings (SSSR count). The van der Waals surface area contributed by atoms with E-state index in [-0.39, 0.29) is 0 Å². The topological polar surface area (TPSA) is 9.23 Å². The van der Waals surface area contributed by atoms with Gasteiger partial charge in [0.1, 0.15) is 11.5 Å². The van der Waals surface area contributed by atoms with Gasteiger partial charge < -0.3 is 4.74 Å². The second-order valence-electron chi connectivity index (χ2n) is 2.91. The molecule has 0 aliphatic carbocycles. The monoisotopic (exact) mass is 281 g/mol. The van der Waals surface area contributed by atoms with E-state index in [1.165, 1.54) is 0 Å². The molecule has 0 unspecified atom stereocenters. The van der Waals surface area contributed by atoms with Crippen LogP contribution >= 0.6 is 27.5 Å². The number of halogens is 2. The van der Waals surface area contributed by atoms with E-state index >= 15 is 0 Å². The van der Waals surface area contributed by atoms with Crippen molar-refractivity contribution in [3.8, 4) is 11.5 Å². The Balaban J connectivity index is 2.22. The molecule has 0 bridgehead atoms. The van der Waals surface area contributed by atoms with Crippen LogP contribution in [0.2, 0.25) is 5.02 Å². The predicted molar refractivity (Wildman–Crippen MR) is 64.5 cm³/mol. The summed E-state index contributed by atoms with van der Waals surface area (Å²) in [5.74, 6) is 1.49. The quantitative estimate of drug-likeness (QED) is 0.776. The van der Waals surface area contributed by atoms with Gasteiger partial charge in [0.15, 0.2) is 0 Å². The molecule has 0 N–H and O–H groups in total. The van der Waals surface area contributed by atoms with Crippen molar-refractivity contribution in [1.29, 1.82) is 0 Å². The molecule has 2 aromatic carbocycles. The zero-order valence-electron chi connectivity index (χ0n) is 7.71. The normalized spacial score (nSPS) is 10.0. The Labute approximate surface area is 102 Å². The Bertz CT molecular complexity index is 456. The van der Waals surface area contributed by atoms with E-state index in [0.29, 0.717) is 5.02 Å². The van der Waals surface area contributed by atoms with Crippen LogP contribution < -0.4 is 4.74 Å². The van der Waals surface area contributed by atoms with Crippen LogP contribution in [-0.4, -0.2) is 0 Å². The summed E-state index contributed by atoms with van der Waals surface area (Å²) in [4.78, 5) is 0. The zero-order valence-corrected chi connectivity index (χ0v) is 10.0. The van der Waals surface area contributed by atoms with Gasteiger partial charge in [-0.25, -0.2) is 0 Å². The first-order valence-corrected chi connectivity index (χ1v) is 5.52. The predicted octanol–water partition coefficient (Wildman–Crippen LogP) is 4.69. The van der Waals surface area contributed by atoms with Crippen LogP contribution in [0.25, 0.3) is 0 Å². The molecule has 0 amide bonds. The molecule has 0 aliphatic rings. The molecule has 75 valence electrons. The molecule has 0 saturated carbocycles. The highest BCUT2D eigenvalue weighted by Gasteiger charge is 2.00. The van der Waals surface area contributed by atoms with Crippen LogP contribution in [0, 0.1) is 6.07 Å². The molecule has 0 heterocycles. The third-order valence-corrected chi connectivity index (χ3v) is 3.05. The first-order valence-electron chi connectivity index (χ1n) is 4.35. The maximum Gasteiger partial charge on any atom is 0.128 e. The first-order chi connectivity index (χ1) is 7.25. The lowest BCUT2D eigenvalue weighted by molar-refractivity contribution is 0.482. The van der Waals surface area contributed by atoms with Crippen molar-refractivity contribution in [2.24, 2.45) is 0 Å². The van der Waals surface area contributed by atoms with Crippen LogP contribution in [0.5, 0.6) is 11.5 Å². The van der Waals surface area contributed by atoms with E-state index < -0.39 is 0 Å². The number of hydrogen-bond donors (Lipinski definition) is 0. The molecule has 1 nitrogen and oxygen atoms in total. The Morgan fingerprint density at radius 2 is 1.80 bits per heavy atom. The van der Waals surface area contributed by atoms with Gasteiger partial charge in [-0.15, -0.1) is 0 Å². The van der Waals surface area contributed by atoms with E-state index in [4.69, 9.17) is 16.3 Å². The minimum atomic E-state index is 0.634. The fourth-order valence-corrected chi connectivity index (χ4v) is 1.53. The zero-order chi connectivity index (χ0) is 10.7. The summed E-state index contributed by atoms with van der Waals surface area (Å²) in [5, 5.41) is 0.634. The van der Waals surface area contributed by atoms with Gasteiger partial charge in [0, 0.05) is 10.5 Å². The van der Waals surface area contributed by atoms with Crippen LogP contribution in [-0.2, 0) is 0 Å². The van der Waals surface area contributed by atoms with Crippen molar-refractivity contribution in [3.63, 3.8) is 0 Å². The summed E-state index contributed by atoms with van der Waals surface area (Å²) < 4.78 is 6.45. The highest BCUT2D eigenvalue weighted by molar-refractivity contribution is 9.10. The molecule has 2 aromatic rings. The van der Waals surface area contributed by atoms with Crippen LogP contribution in [0.15, 0.2) is 46.9 Å². The largest absolute Gasteiger partial charge is 0.457 e. The van der Waals surface area contributed by atoms with Crippen molar-refractivity contribution in [2.75, 3.05) is 0 Å². The Hall–Kier alpha value is -0.990. The molecule has 0 atom stereocenters. The van der Waals surface area contributed by atoms with E-state index in [2.05, 4.69) is 22.0 Å². The molecular weight excluding hydrogens is 275 g/mol. The molecular formula is C12H7BrClO. The maximum absolute atomic E-state index is 5.95. The van der Waals surface area contributed by atoms with Gasteiger partial charge in [0.05, 0.1) is 5.02 Å². The molecule has 0 saturated heterocycles. The lowest BCUT2D eigenvalue weighted by atomic mass is 10.3. The van der Waals surface area contributed by atoms with Crippen LogP contribution in [0.4, 0.5) is 0 Å². The van der Waals surface area contributed by atoms with Gasteiger partial charge in [-0.05, 0) is 46.3 Å². The summed E-state index contributed by atoms with van der Waals surface area (Å²) in [6.07, 6.45) is 0. The summed E-state index contributed by atoms with van der Waals surface area (Å²) >= 11 is 9.27. The van der Waals surface area contributed by atoms with Crippen molar-refractivity contribution in [2.45, 2.75) is 0 Å². The van der Waals surface area contributed by atoms with Crippen LogP contribution in [0.3, 0.4) is 0 Å². The van der Waals surface area contributed by atoms with E-state index in [9.17, 15) is 0 Å². The van der Waals surface area contributed by atoms with Gasteiger partial charge in [-0.1, -0.05) is 23.7 Å². The number of hydrogen-bond acceptors (Lipinski definition) is 1. The standard InChI is InChI=1S/C12H7BrClO/c13-11-7-6-10(8-12(11)14)15-9-4-2-1-3-5-9/h2-8H. The van der Waals surface area contributed by atoms with E-state index in [1.54, 1.807) is 18.2 Å². The minimum absolute atomic E-state index is 0.634. The lowest BCUT2D eigenvalue weighted by Crippen LogP contribution is -1.83. The number of rotatable bonds is 2. The van der Waals surface area contributed by atoms with Gasteiger partial charge in [-0.2, -0.15) is 0 Å². The Morgan fingerprint density at radius 1 is 1.07 bits per heavy atom. The second kappa shape index (κ2) is 4.69. The van der Waals surface area contributed by atoms with Gasteiger partial charge >= 0.3 is 0 Å². The average Bonchev–Trinajstić information content (AvgIpc) is 2.25. The molecule has 0 spiro atoms. The third-order valence-electron chi connectivity index (χ3n) is 1.81. The highest BCUT2D eigenvalue weighted by Crippen LogP contribution is 2.29. The second-order valence-corrected chi connectivity index (χ2v) is 4.18. The Kier molecular flexibility index (Phi) is 3.29. The first kappa shape index (κ1) is 10.5. The molecule has 15 heavy (non-hydrogen) atoms. The molecule has 3 heteroatoms. The minimum Gasteiger partial charge on any atom is -0.457 e. The van der Waals surface area contributed by atoms with Crippen molar-refractivity contribution in [3.05, 3.63) is 58.0 Å². The van der Waals surface area contributed by atoms with Gasteiger partial charge in [-0.3, -0.25) is 0 Å². The summed E-state index contributed by atoms with van der Waals surface area (Å²) in [7, 11) is 0. The van der Waals surface area contributed by atoms with Crippen molar-refractivity contribution in [1.82, 2.24) is 0 Å². The molecule has 1 radical (unpaired) electrons. The molecule has 0 aromatic heterocycles. The summed E-state index contributed by atoms with van der Waals surface area (Å²) in [6.45, 7) is 0. The van der Waals surface area contributed by atoms with Crippen molar-refractivity contribution < 1.29 is 4.74 Å². The van der Waals surface area contributed by atoms with Gasteiger partial charge in [0.2, 0.25) is 0 Å². The summed E-state index contributed by atoms with van der Waals surface area (Å²) in [5.41, 5.74) is 0. The fourth-order valence-electron chi connectivity index (χ4n) is 1.12. The average molecular weight is 283 g/mol. The SMILES string of the molecule is Clc1cc(Oc2cc[c]cc2)ccc1Br. The molecule has 0 aliphatic heterocycles. The third kappa shape index (κ3) is 2.74. The lowest BCUT2D eigenvalue weighted by Gasteiger charge is -2.05. The highest BCUT2D eigenvalue weighted by atomic mass is 79.9. The van der Waals surface area contributed by atoms with E-state index in [1.807, 2.05) is 24.3 Å². The van der Waals surface area contributed by atoms with Crippen molar-refractivity contribution >= 4 is 27.5 Å².